The zero-order chi connectivity index (χ0) is 23.4. The van der Waals surface area contributed by atoms with Crippen LogP contribution in [0.25, 0.3) is 0 Å². The van der Waals surface area contributed by atoms with Gasteiger partial charge in [0.1, 0.15) is 6.04 Å². The molecular weight excluding hydrogens is 434 g/mol. The Morgan fingerprint density at radius 1 is 1.12 bits per heavy atom. The van der Waals surface area contributed by atoms with Crippen molar-refractivity contribution in [1.29, 1.82) is 0 Å². The van der Waals surface area contributed by atoms with Gasteiger partial charge in [0.2, 0.25) is 5.91 Å². The molecular formula is C27H34ClN3O2. The van der Waals surface area contributed by atoms with Gasteiger partial charge in [-0.2, -0.15) is 0 Å². The van der Waals surface area contributed by atoms with Gasteiger partial charge < -0.3 is 10.2 Å². The number of likely N-dealkylation sites (tertiary alicyclic amines) is 1. The maximum Gasteiger partial charge on any atom is 0.255 e. The van der Waals surface area contributed by atoms with Gasteiger partial charge in [-0.05, 0) is 73.5 Å². The summed E-state index contributed by atoms with van der Waals surface area (Å²) in [6.07, 6.45) is 2.79. The molecule has 5 nitrogen and oxygen atoms in total. The predicted molar refractivity (Wildman–Crippen MR) is 132 cm³/mol. The Bertz CT molecular complexity index is 985. The molecule has 2 aliphatic rings. The van der Waals surface area contributed by atoms with E-state index in [2.05, 4.69) is 30.1 Å². The molecule has 33 heavy (non-hydrogen) atoms. The number of hydrogen-bond donors (Lipinski definition) is 1. The molecule has 2 heterocycles. The number of nitrogens with one attached hydrogen (secondary N) is 1. The molecule has 1 unspecified atom stereocenters. The van der Waals surface area contributed by atoms with Gasteiger partial charge in [-0.15, -0.1) is 0 Å². The standard InChI is InChI=1S/C27H34ClN3O2/c1-19(2)14-25(31-18-22-7-3-4-9-24(22)27(31)33)26(32)29-16-20-10-12-30(13-11-20)17-21-6-5-8-23(28)15-21/h3-9,15,19-20,25H,10-14,16-18H2,1-2H3,(H,29,32). The van der Waals surface area contributed by atoms with Crippen molar-refractivity contribution >= 4 is 23.4 Å². The van der Waals surface area contributed by atoms with Crippen molar-refractivity contribution in [1.82, 2.24) is 15.1 Å². The lowest BCUT2D eigenvalue weighted by atomic mass is 9.95. The van der Waals surface area contributed by atoms with Crippen LogP contribution in [-0.2, 0) is 17.9 Å². The van der Waals surface area contributed by atoms with Crippen molar-refractivity contribution in [2.24, 2.45) is 11.8 Å². The van der Waals surface area contributed by atoms with E-state index < -0.39 is 6.04 Å². The second kappa shape index (κ2) is 10.7. The van der Waals surface area contributed by atoms with Crippen LogP contribution in [0, 0.1) is 11.8 Å². The lowest BCUT2D eigenvalue weighted by molar-refractivity contribution is -0.126. The van der Waals surface area contributed by atoms with Gasteiger partial charge in [0.25, 0.3) is 5.91 Å². The molecule has 0 bridgehead atoms. The second-order valence-electron chi connectivity index (χ2n) is 9.83. The number of amides is 2. The van der Waals surface area contributed by atoms with Crippen molar-refractivity contribution < 1.29 is 9.59 Å². The molecule has 1 saturated heterocycles. The van der Waals surface area contributed by atoms with E-state index in [9.17, 15) is 9.59 Å². The van der Waals surface area contributed by atoms with E-state index in [0.29, 0.717) is 31.3 Å². The Hall–Kier alpha value is -2.37. The molecule has 0 spiro atoms. The summed E-state index contributed by atoms with van der Waals surface area (Å²) in [6, 6.07) is 15.3. The topological polar surface area (TPSA) is 52.7 Å². The van der Waals surface area contributed by atoms with Crippen LogP contribution in [0.4, 0.5) is 0 Å². The van der Waals surface area contributed by atoms with Crippen molar-refractivity contribution in [2.75, 3.05) is 19.6 Å². The fraction of sp³-hybridized carbons (Fsp3) is 0.481. The number of piperidine rings is 1. The first kappa shape index (κ1) is 23.8. The third-order valence-corrected chi connectivity index (χ3v) is 7.03. The largest absolute Gasteiger partial charge is 0.354 e. The molecule has 2 aromatic carbocycles. The van der Waals surface area contributed by atoms with Crippen LogP contribution >= 0.6 is 11.6 Å². The SMILES string of the molecule is CC(C)CC(C(=O)NCC1CCN(Cc2cccc(Cl)c2)CC1)N1Cc2ccccc2C1=O. The zero-order valence-corrected chi connectivity index (χ0v) is 20.4. The van der Waals surface area contributed by atoms with E-state index in [-0.39, 0.29) is 11.8 Å². The Balaban J connectivity index is 1.29. The first-order valence-electron chi connectivity index (χ1n) is 12.0. The van der Waals surface area contributed by atoms with Crippen molar-refractivity contribution in [2.45, 2.75) is 52.2 Å². The van der Waals surface area contributed by atoms with Gasteiger partial charge in [-0.1, -0.05) is 55.8 Å². The molecule has 0 radical (unpaired) electrons. The normalized spacial score (nSPS) is 17.9. The first-order chi connectivity index (χ1) is 15.9. The van der Waals surface area contributed by atoms with Crippen molar-refractivity contribution in [3.8, 4) is 0 Å². The molecule has 176 valence electrons. The molecule has 2 amide bonds. The Kier molecular flexibility index (Phi) is 7.71. The summed E-state index contributed by atoms with van der Waals surface area (Å²) in [5, 5.41) is 3.96. The highest BCUT2D eigenvalue weighted by atomic mass is 35.5. The summed E-state index contributed by atoms with van der Waals surface area (Å²) in [4.78, 5) is 30.4. The lowest BCUT2D eigenvalue weighted by Crippen LogP contribution is -2.49. The summed E-state index contributed by atoms with van der Waals surface area (Å²) in [5.41, 5.74) is 2.98. The Morgan fingerprint density at radius 3 is 2.58 bits per heavy atom. The molecule has 6 heteroatoms. The molecule has 1 atom stereocenters. The average Bonchev–Trinajstić information content (AvgIpc) is 3.13. The molecule has 1 fully saturated rings. The fourth-order valence-electron chi connectivity index (χ4n) is 4.96. The van der Waals surface area contributed by atoms with Crippen LogP contribution in [0.1, 0.15) is 54.6 Å². The highest BCUT2D eigenvalue weighted by molar-refractivity contribution is 6.30. The van der Waals surface area contributed by atoms with Gasteiger partial charge >= 0.3 is 0 Å². The lowest BCUT2D eigenvalue weighted by Gasteiger charge is -2.33. The van der Waals surface area contributed by atoms with Crippen LogP contribution in [0.3, 0.4) is 0 Å². The monoisotopic (exact) mass is 467 g/mol. The first-order valence-corrected chi connectivity index (χ1v) is 12.4. The molecule has 2 aromatic rings. The molecule has 0 aromatic heterocycles. The smallest absolute Gasteiger partial charge is 0.255 e. The number of rotatable bonds is 8. The van der Waals surface area contributed by atoms with Crippen LogP contribution < -0.4 is 5.32 Å². The molecule has 1 N–H and O–H groups in total. The Labute approximate surface area is 202 Å². The van der Waals surface area contributed by atoms with Gasteiger partial charge in [-0.25, -0.2) is 0 Å². The van der Waals surface area contributed by atoms with Crippen LogP contribution in [-0.4, -0.2) is 47.3 Å². The highest BCUT2D eigenvalue weighted by Crippen LogP contribution is 2.27. The zero-order valence-electron chi connectivity index (χ0n) is 19.6. The number of carbonyl (C=O) groups excluding carboxylic acids is 2. The quantitative estimate of drug-likeness (QED) is 0.610. The van der Waals surface area contributed by atoms with Gasteiger partial charge in [0, 0.05) is 30.2 Å². The number of carbonyl (C=O) groups is 2. The molecule has 2 aliphatic heterocycles. The number of benzene rings is 2. The number of hydrogen-bond acceptors (Lipinski definition) is 3. The summed E-state index contributed by atoms with van der Waals surface area (Å²) in [6.45, 7) is 8.33. The van der Waals surface area contributed by atoms with E-state index in [0.717, 1.165) is 48.6 Å². The number of nitrogens with zero attached hydrogens (tertiary/aromatic N) is 2. The molecule has 4 rings (SSSR count). The van der Waals surface area contributed by atoms with E-state index in [1.54, 1.807) is 4.90 Å². The van der Waals surface area contributed by atoms with Gasteiger partial charge in [0.05, 0.1) is 0 Å². The fourth-order valence-corrected chi connectivity index (χ4v) is 5.17. The minimum absolute atomic E-state index is 0.0220. The van der Waals surface area contributed by atoms with Crippen LogP contribution in [0.5, 0.6) is 0 Å². The highest BCUT2D eigenvalue weighted by Gasteiger charge is 2.36. The van der Waals surface area contributed by atoms with Crippen molar-refractivity contribution in [3.63, 3.8) is 0 Å². The predicted octanol–water partition coefficient (Wildman–Crippen LogP) is 4.74. The van der Waals surface area contributed by atoms with E-state index >= 15 is 0 Å². The molecule has 0 saturated carbocycles. The van der Waals surface area contributed by atoms with E-state index in [1.807, 2.05) is 42.5 Å². The van der Waals surface area contributed by atoms with Gasteiger partial charge in [-0.3, -0.25) is 14.5 Å². The minimum Gasteiger partial charge on any atom is -0.354 e. The van der Waals surface area contributed by atoms with Crippen LogP contribution in [0.2, 0.25) is 5.02 Å². The summed E-state index contributed by atoms with van der Waals surface area (Å²) < 4.78 is 0. The van der Waals surface area contributed by atoms with Gasteiger partial charge in [0.15, 0.2) is 0 Å². The number of fused-ring (bicyclic) bond motifs is 1. The van der Waals surface area contributed by atoms with Crippen molar-refractivity contribution in [3.05, 3.63) is 70.2 Å². The maximum absolute atomic E-state index is 13.2. The molecule has 0 aliphatic carbocycles. The minimum atomic E-state index is -0.423. The number of halogens is 1. The van der Waals surface area contributed by atoms with Crippen LogP contribution in [0.15, 0.2) is 48.5 Å². The third-order valence-electron chi connectivity index (χ3n) is 6.79. The summed E-state index contributed by atoms with van der Waals surface area (Å²) >= 11 is 6.11. The van der Waals surface area contributed by atoms with E-state index in [1.165, 1.54) is 5.56 Å². The summed E-state index contributed by atoms with van der Waals surface area (Å²) in [5.74, 6) is 0.745. The van der Waals surface area contributed by atoms with E-state index in [4.69, 9.17) is 11.6 Å². The third kappa shape index (κ3) is 5.96. The maximum atomic E-state index is 13.2. The Morgan fingerprint density at radius 2 is 1.88 bits per heavy atom. The second-order valence-corrected chi connectivity index (χ2v) is 10.3. The summed E-state index contributed by atoms with van der Waals surface area (Å²) in [7, 11) is 0. The average molecular weight is 468 g/mol.